The summed E-state index contributed by atoms with van der Waals surface area (Å²) in [5.74, 6) is 0. The maximum atomic E-state index is 8.25. The number of nitrogens with zero attached hydrogens (tertiary/aromatic N) is 3. The van der Waals surface area contributed by atoms with Crippen molar-refractivity contribution in [2.45, 2.75) is 0 Å². The summed E-state index contributed by atoms with van der Waals surface area (Å²) in [4.78, 5) is 24.8. The molecule has 0 spiro atoms. The summed E-state index contributed by atoms with van der Waals surface area (Å²) in [7, 11) is 0. The first kappa shape index (κ1) is 46.6. The summed E-state index contributed by atoms with van der Waals surface area (Å²) in [5, 5.41) is 44.2. The van der Waals surface area contributed by atoms with Gasteiger partial charge >= 0.3 is 35.6 Å². The monoisotopic (exact) mass is 379 g/mol. The van der Waals surface area contributed by atoms with Crippen LogP contribution >= 0.6 is 0 Å². The summed E-state index contributed by atoms with van der Waals surface area (Å²) < 4.78 is 0. The third-order valence-electron chi connectivity index (χ3n) is 0. The second-order valence-electron chi connectivity index (χ2n) is 0.671. The van der Waals surface area contributed by atoms with Gasteiger partial charge < -0.3 is 62.4 Å². The van der Waals surface area contributed by atoms with Crippen molar-refractivity contribution in [2.24, 2.45) is 0 Å². The summed E-state index contributed by atoms with van der Waals surface area (Å²) in [5.41, 5.74) is 0. The normalized spacial score (nSPS) is 4.50. The molecule has 0 radical (unpaired) electrons. The van der Waals surface area contributed by atoms with Gasteiger partial charge in [0, 0.05) is 0 Å². The summed E-state index contributed by atoms with van der Waals surface area (Å²) in [6.45, 7) is 0. The van der Waals surface area contributed by atoms with Crippen molar-refractivity contribution in [3.63, 3.8) is 0 Å². The molecule has 16 heteroatoms. The smallest absolute Gasteiger partial charge is 0.412 e. The van der Waals surface area contributed by atoms with Crippen molar-refractivity contribution < 1.29 is 67.3 Å². The van der Waals surface area contributed by atoms with Gasteiger partial charge in [0.25, 0.3) is 0 Å². The Morgan fingerprint density at radius 2 is 0.500 bits per heavy atom. The first-order valence-corrected chi connectivity index (χ1v) is 1.64. The average Bonchev–Trinajstić information content (AvgIpc) is 1.54. The van der Waals surface area contributed by atoms with Crippen LogP contribution in [-0.4, -0.2) is 31.7 Å². The van der Waals surface area contributed by atoms with E-state index in [0.29, 0.717) is 0 Å². The van der Waals surface area contributed by atoms with Gasteiger partial charge in [0.2, 0.25) is 0 Å². The van der Waals surface area contributed by atoms with Gasteiger partial charge in [0.1, 0.15) is 0 Å². The van der Waals surface area contributed by atoms with Gasteiger partial charge in [0.15, 0.2) is 0 Å². The van der Waals surface area contributed by atoms with Gasteiger partial charge in [-0.1, -0.05) is 0 Å². The molecule has 0 rings (SSSR count). The number of rotatable bonds is 0. The average molecular weight is 379 g/mol. The molecular weight excluding hydrogens is 373 g/mol. The van der Waals surface area contributed by atoms with E-state index in [1.165, 1.54) is 0 Å². The van der Waals surface area contributed by atoms with E-state index < -0.39 is 15.3 Å². The summed E-state index contributed by atoms with van der Waals surface area (Å²) in [6, 6.07) is 0. The Kier molecular flexibility index (Phi) is 109. The molecule has 0 aliphatic rings. The van der Waals surface area contributed by atoms with Crippen LogP contribution in [-0.2, 0) is 0 Å². The van der Waals surface area contributed by atoms with E-state index in [1.807, 2.05) is 0 Å². The van der Waals surface area contributed by atoms with Gasteiger partial charge in [-0.3, -0.25) is 0 Å². The fourth-order valence-corrected chi connectivity index (χ4v) is 0. The van der Waals surface area contributed by atoms with E-state index >= 15 is 0 Å². The summed E-state index contributed by atoms with van der Waals surface area (Å²) in [6.07, 6.45) is 0. The van der Waals surface area contributed by atoms with E-state index in [4.69, 9.17) is 46.0 Å². The SMILES string of the molecule is O.O.O.O=[N+]([O-])[O-].O=[N+]([O-])[O-].O=[N+]([O-])[O-].[La+3]. The Hall–Kier alpha value is -1.33. The Labute approximate surface area is 113 Å². The van der Waals surface area contributed by atoms with Crippen LogP contribution in [0.5, 0.6) is 0 Å². The number of hydrogen-bond acceptors (Lipinski definition) is 9. The topological polar surface area (TPSA) is 293 Å². The Balaban J connectivity index is -0.0000000135. The van der Waals surface area contributed by atoms with Crippen LogP contribution < -0.4 is 0 Å². The maximum Gasteiger partial charge on any atom is 3.00 e. The molecule has 0 atom stereocenters. The van der Waals surface area contributed by atoms with Crippen LogP contribution in [0.2, 0.25) is 0 Å². The molecular formula is H6LaN3O12. The van der Waals surface area contributed by atoms with Crippen LogP contribution in [0, 0.1) is 81.6 Å². The molecule has 16 heavy (non-hydrogen) atoms. The van der Waals surface area contributed by atoms with E-state index in [-0.39, 0.29) is 52.0 Å². The van der Waals surface area contributed by atoms with Crippen molar-refractivity contribution in [2.75, 3.05) is 0 Å². The summed E-state index contributed by atoms with van der Waals surface area (Å²) >= 11 is 0. The molecule has 0 aliphatic heterocycles. The van der Waals surface area contributed by atoms with Gasteiger partial charge in [0.05, 0.1) is 15.3 Å². The minimum atomic E-state index is -1.75. The zero-order chi connectivity index (χ0) is 10.7. The predicted octanol–water partition coefficient (Wildman–Crippen LogP) is -3.19. The predicted molar refractivity (Wildman–Crippen MR) is 41.9 cm³/mol. The quantitative estimate of drug-likeness (QED) is 0.302. The minimum Gasteiger partial charge on any atom is -0.412 e. The molecule has 0 saturated heterocycles. The van der Waals surface area contributed by atoms with Crippen LogP contribution in [0.15, 0.2) is 0 Å². The second-order valence-corrected chi connectivity index (χ2v) is 0.671. The van der Waals surface area contributed by atoms with Crippen molar-refractivity contribution >= 4 is 0 Å². The molecule has 0 aromatic rings. The van der Waals surface area contributed by atoms with Crippen molar-refractivity contribution in [3.8, 4) is 0 Å². The molecule has 0 saturated carbocycles. The van der Waals surface area contributed by atoms with Crippen molar-refractivity contribution in [1.82, 2.24) is 0 Å². The van der Waals surface area contributed by atoms with Gasteiger partial charge in [-0.15, -0.1) is 0 Å². The standard InChI is InChI=1S/La.3NO3.3H2O/c;3*2-1(3)4;;;/h;;;;3*1H2/q+3;3*-1;;;. The van der Waals surface area contributed by atoms with Crippen LogP contribution in [0.25, 0.3) is 0 Å². The molecule has 0 aromatic carbocycles. The molecule has 0 fully saturated rings. The van der Waals surface area contributed by atoms with E-state index in [0.717, 1.165) is 0 Å². The third kappa shape index (κ3) is 984. The largest absolute Gasteiger partial charge is 3.00 e. The van der Waals surface area contributed by atoms with Gasteiger partial charge in [-0.2, -0.15) is 0 Å². The zero-order valence-corrected chi connectivity index (χ0v) is 10.7. The molecule has 0 heterocycles. The van der Waals surface area contributed by atoms with E-state index in [2.05, 4.69) is 0 Å². The minimum absolute atomic E-state index is 0. The fraction of sp³-hybridized carbons (Fsp3) is 0. The van der Waals surface area contributed by atoms with E-state index in [9.17, 15) is 0 Å². The van der Waals surface area contributed by atoms with Crippen LogP contribution in [0.3, 0.4) is 0 Å². The zero-order valence-electron chi connectivity index (χ0n) is 7.09. The Bertz CT molecular complexity index is 114. The molecule has 0 unspecified atom stereocenters. The van der Waals surface area contributed by atoms with Crippen LogP contribution in [0.4, 0.5) is 0 Å². The van der Waals surface area contributed by atoms with Crippen LogP contribution in [0.1, 0.15) is 0 Å². The fourth-order valence-electron chi connectivity index (χ4n) is 0. The molecule has 0 aromatic heterocycles. The molecule has 0 bridgehead atoms. The molecule has 0 amide bonds. The van der Waals surface area contributed by atoms with Crippen molar-refractivity contribution in [3.05, 3.63) is 46.0 Å². The van der Waals surface area contributed by atoms with Gasteiger partial charge in [-0.05, 0) is 0 Å². The van der Waals surface area contributed by atoms with Gasteiger partial charge in [-0.25, -0.2) is 0 Å². The molecule has 0 aliphatic carbocycles. The molecule has 6 N–H and O–H groups in total. The second kappa shape index (κ2) is 37.3. The maximum absolute atomic E-state index is 8.25. The molecule has 15 nitrogen and oxygen atoms in total. The Morgan fingerprint density at radius 3 is 0.500 bits per heavy atom. The Morgan fingerprint density at radius 1 is 0.500 bits per heavy atom. The third-order valence-corrected chi connectivity index (χ3v) is 0. The van der Waals surface area contributed by atoms with E-state index in [1.54, 1.807) is 0 Å². The first-order valence-electron chi connectivity index (χ1n) is 1.64. The first-order chi connectivity index (χ1) is 5.20. The number of hydrogen-bond donors (Lipinski definition) is 0. The van der Waals surface area contributed by atoms with Crippen molar-refractivity contribution in [1.29, 1.82) is 0 Å². The molecule has 96 valence electrons.